The Morgan fingerprint density at radius 2 is 2.06 bits per heavy atom. The summed E-state index contributed by atoms with van der Waals surface area (Å²) in [5.41, 5.74) is 5.45. The first-order chi connectivity index (χ1) is 8.51. The molecule has 1 heterocycles. The normalized spacial score (nSPS) is 11.4. The second-order valence-corrected chi connectivity index (χ2v) is 5.15. The topological polar surface area (TPSA) is 85.3 Å². The van der Waals surface area contributed by atoms with Crippen LogP contribution in [0, 0.1) is 5.82 Å². The number of hydrogen-bond donors (Lipinski definition) is 2. The number of sulfonamides is 1. The fourth-order valence-corrected chi connectivity index (χ4v) is 2.37. The first-order valence-electron chi connectivity index (χ1n) is 5.08. The average Bonchev–Trinajstić information content (AvgIpc) is 2.77. The first kappa shape index (κ1) is 12.6. The van der Waals surface area contributed by atoms with Gasteiger partial charge >= 0.3 is 0 Å². The van der Waals surface area contributed by atoms with Crippen LogP contribution in [0.1, 0.15) is 5.76 Å². The van der Waals surface area contributed by atoms with Crippen molar-refractivity contribution in [2.24, 2.45) is 5.73 Å². The van der Waals surface area contributed by atoms with Crippen molar-refractivity contribution < 1.29 is 17.2 Å². The molecule has 5 nitrogen and oxygen atoms in total. The minimum atomic E-state index is -3.86. The zero-order valence-electron chi connectivity index (χ0n) is 9.26. The van der Waals surface area contributed by atoms with Gasteiger partial charge in [0, 0.05) is 0 Å². The van der Waals surface area contributed by atoms with E-state index in [1.165, 1.54) is 30.3 Å². The van der Waals surface area contributed by atoms with Crippen LogP contribution < -0.4 is 10.5 Å². The monoisotopic (exact) mass is 270 g/mol. The van der Waals surface area contributed by atoms with Crippen LogP contribution in [-0.2, 0) is 16.6 Å². The SMILES string of the molecule is NCc1ccc(S(=O)(=O)Nc2cccc(F)c2)o1. The number of furan rings is 1. The molecule has 18 heavy (non-hydrogen) atoms. The molecule has 0 saturated carbocycles. The third-order valence-corrected chi connectivity index (χ3v) is 3.43. The van der Waals surface area contributed by atoms with Gasteiger partial charge in [-0.1, -0.05) is 6.07 Å². The lowest BCUT2D eigenvalue weighted by molar-refractivity contribution is 0.417. The maximum Gasteiger partial charge on any atom is 0.295 e. The summed E-state index contributed by atoms with van der Waals surface area (Å²) in [4.78, 5) is 0. The van der Waals surface area contributed by atoms with E-state index in [-0.39, 0.29) is 17.3 Å². The van der Waals surface area contributed by atoms with Gasteiger partial charge in [0.25, 0.3) is 10.0 Å². The van der Waals surface area contributed by atoms with Crippen LogP contribution in [0.4, 0.5) is 10.1 Å². The predicted octanol–water partition coefficient (Wildman–Crippen LogP) is 1.68. The van der Waals surface area contributed by atoms with Gasteiger partial charge in [0.15, 0.2) is 0 Å². The molecule has 0 aliphatic carbocycles. The number of rotatable bonds is 4. The largest absolute Gasteiger partial charge is 0.446 e. The number of anilines is 1. The average molecular weight is 270 g/mol. The maximum absolute atomic E-state index is 12.9. The van der Waals surface area contributed by atoms with Crippen molar-refractivity contribution in [1.82, 2.24) is 0 Å². The van der Waals surface area contributed by atoms with Gasteiger partial charge in [0.1, 0.15) is 11.6 Å². The molecule has 7 heteroatoms. The molecule has 96 valence electrons. The third-order valence-electron chi connectivity index (χ3n) is 2.18. The van der Waals surface area contributed by atoms with Crippen molar-refractivity contribution in [1.29, 1.82) is 0 Å². The van der Waals surface area contributed by atoms with Crippen molar-refractivity contribution in [2.75, 3.05) is 4.72 Å². The van der Waals surface area contributed by atoms with Gasteiger partial charge in [-0.2, -0.15) is 8.42 Å². The number of nitrogens with two attached hydrogens (primary N) is 1. The number of hydrogen-bond acceptors (Lipinski definition) is 4. The van der Waals surface area contributed by atoms with Crippen LogP contribution in [0.3, 0.4) is 0 Å². The zero-order chi connectivity index (χ0) is 13.2. The molecular formula is C11H11FN2O3S. The smallest absolute Gasteiger partial charge is 0.295 e. The van der Waals surface area contributed by atoms with Gasteiger partial charge in [-0.3, -0.25) is 4.72 Å². The Morgan fingerprint density at radius 1 is 1.28 bits per heavy atom. The number of halogens is 1. The van der Waals surface area contributed by atoms with Crippen molar-refractivity contribution in [3.05, 3.63) is 48.0 Å². The van der Waals surface area contributed by atoms with Crippen LogP contribution in [0.25, 0.3) is 0 Å². The Morgan fingerprint density at radius 3 is 2.67 bits per heavy atom. The summed E-state index contributed by atoms with van der Waals surface area (Å²) in [5, 5.41) is -0.257. The van der Waals surface area contributed by atoms with E-state index < -0.39 is 15.8 Å². The van der Waals surface area contributed by atoms with Crippen LogP contribution >= 0.6 is 0 Å². The quantitative estimate of drug-likeness (QED) is 0.885. The molecule has 3 N–H and O–H groups in total. The molecule has 2 aromatic rings. The molecule has 0 fully saturated rings. The summed E-state index contributed by atoms with van der Waals surface area (Å²) in [7, 11) is -3.86. The van der Waals surface area contributed by atoms with Crippen LogP contribution in [-0.4, -0.2) is 8.42 Å². The van der Waals surface area contributed by atoms with Gasteiger partial charge in [0.2, 0.25) is 5.09 Å². The highest BCUT2D eigenvalue weighted by Gasteiger charge is 2.18. The van der Waals surface area contributed by atoms with E-state index >= 15 is 0 Å². The van der Waals surface area contributed by atoms with Crippen molar-refractivity contribution in [3.8, 4) is 0 Å². The highest BCUT2D eigenvalue weighted by Crippen LogP contribution is 2.18. The molecule has 1 aromatic carbocycles. The second kappa shape index (κ2) is 4.79. The minimum absolute atomic E-state index is 0.107. The minimum Gasteiger partial charge on any atom is -0.446 e. The summed E-state index contributed by atoms with van der Waals surface area (Å²) < 4.78 is 43.9. The summed E-state index contributed by atoms with van der Waals surface area (Å²) in [6, 6.07) is 7.90. The predicted molar refractivity (Wildman–Crippen MR) is 63.8 cm³/mol. The van der Waals surface area contributed by atoms with Gasteiger partial charge in [-0.25, -0.2) is 4.39 Å². The molecule has 0 bridgehead atoms. The standard InChI is InChI=1S/C11H11FN2O3S/c12-8-2-1-3-9(6-8)14-18(15,16)11-5-4-10(7-13)17-11/h1-6,14H,7,13H2. The summed E-state index contributed by atoms with van der Waals surface area (Å²) in [5.74, 6) is -0.174. The van der Waals surface area contributed by atoms with E-state index in [2.05, 4.69) is 4.72 Å². The molecule has 0 spiro atoms. The summed E-state index contributed by atoms with van der Waals surface area (Å²) >= 11 is 0. The van der Waals surface area contributed by atoms with Crippen molar-refractivity contribution >= 4 is 15.7 Å². The lowest BCUT2D eigenvalue weighted by atomic mass is 10.3. The molecule has 0 saturated heterocycles. The second-order valence-electron chi connectivity index (χ2n) is 3.54. The van der Waals surface area contributed by atoms with Crippen LogP contribution in [0.2, 0.25) is 0 Å². The molecule has 0 atom stereocenters. The first-order valence-corrected chi connectivity index (χ1v) is 6.57. The van der Waals surface area contributed by atoms with E-state index in [9.17, 15) is 12.8 Å². The Balaban J connectivity index is 2.27. The van der Waals surface area contributed by atoms with Gasteiger partial charge in [-0.15, -0.1) is 0 Å². The van der Waals surface area contributed by atoms with Crippen LogP contribution in [0.15, 0.2) is 45.9 Å². The van der Waals surface area contributed by atoms with Gasteiger partial charge in [-0.05, 0) is 30.3 Å². The molecule has 1 aromatic heterocycles. The fourth-order valence-electron chi connectivity index (χ4n) is 1.37. The summed E-state index contributed by atoms with van der Waals surface area (Å²) in [6.45, 7) is 0.107. The molecule has 0 aliphatic rings. The molecule has 0 radical (unpaired) electrons. The maximum atomic E-state index is 12.9. The Labute approximate surface area is 103 Å². The molecule has 2 rings (SSSR count). The van der Waals surface area contributed by atoms with Gasteiger partial charge < -0.3 is 10.2 Å². The Kier molecular flexibility index (Phi) is 3.35. The third kappa shape index (κ3) is 2.69. The van der Waals surface area contributed by atoms with Crippen molar-refractivity contribution in [3.63, 3.8) is 0 Å². The fraction of sp³-hybridized carbons (Fsp3) is 0.0909. The van der Waals surface area contributed by atoms with Crippen LogP contribution in [0.5, 0.6) is 0 Å². The Bertz CT molecular complexity index is 652. The van der Waals surface area contributed by atoms with E-state index in [0.717, 1.165) is 6.07 Å². The Hall–Kier alpha value is -1.86. The van der Waals surface area contributed by atoms with Gasteiger partial charge in [0.05, 0.1) is 12.2 Å². The molecule has 0 aliphatic heterocycles. The molecule has 0 unspecified atom stereocenters. The van der Waals surface area contributed by atoms with Crippen molar-refractivity contribution in [2.45, 2.75) is 11.6 Å². The molecular weight excluding hydrogens is 259 g/mol. The van der Waals surface area contributed by atoms with E-state index in [0.29, 0.717) is 5.76 Å². The highest BCUT2D eigenvalue weighted by atomic mass is 32.2. The van der Waals surface area contributed by atoms with E-state index in [4.69, 9.17) is 10.2 Å². The zero-order valence-corrected chi connectivity index (χ0v) is 10.1. The van der Waals surface area contributed by atoms with E-state index in [1.807, 2.05) is 0 Å². The highest BCUT2D eigenvalue weighted by molar-refractivity contribution is 7.92. The number of nitrogens with one attached hydrogen (secondary N) is 1. The lowest BCUT2D eigenvalue weighted by Crippen LogP contribution is -2.12. The number of benzene rings is 1. The van der Waals surface area contributed by atoms with E-state index in [1.54, 1.807) is 0 Å². The summed E-state index contributed by atoms with van der Waals surface area (Å²) in [6.07, 6.45) is 0. The lowest BCUT2D eigenvalue weighted by Gasteiger charge is -2.05. The molecule has 0 amide bonds.